The first-order chi connectivity index (χ1) is 9.13. The average Bonchev–Trinajstić information content (AvgIpc) is 2.40. The van der Waals surface area contributed by atoms with Crippen LogP contribution < -0.4 is 16.4 Å². The largest absolute Gasteiger partial charge is 0.383 e. The number of nitrogens with zero attached hydrogens (tertiary/aromatic N) is 1. The monoisotopic (exact) mass is 338 g/mol. The van der Waals surface area contributed by atoms with Crippen LogP contribution in [0.1, 0.15) is 6.42 Å². The molecule has 0 spiro atoms. The van der Waals surface area contributed by atoms with Gasteiger partial charge in [0, 0.05) is 26.3 Å². The first-order valence-electron chi connectivity index (χ1n) is 5.85. The molecule has 0 saturated heterocycles. The molecular formula is C12H20Cl2N4O3. The molecule has 9 heteroatoms. The number of carbonyl (C=O) groups excluding carboxylic acids is 2. The molecule has 1 atom stereocenters. The molecule has 1 heterocycles. The Hall–Kier alpha value is -1.41. The van der Waals surface area contributed by atoms with Gasteiger partial charge in [0.25, 0.3) is 0 Å². The smallest absolute Gasteiger partial charge is 0.239 e. The molecule has 4 N–H and O–H groups in total. The van der Waals surface area contributed by atoms with Crippen LogP contribution in [0.5, 0.6) is 0 Å². The van der Waals surface area contributed by atoms with Crippen LogP contribution in [-0.2, 0) is 14.3 Å². The summed E-state index contributed by atoms with van der Waals surface area (Å²) in [5.74, 6) is -0.537. The summed E-state index contributed by atoms with van der Waals surface area (Å²) in [6.07, 6.45) is 3.33. The quantitative estimate of drug-likeness (QED) is 0.664. The number of pyridine rings is 1. The van der Waals surface area contributed by atoms with Gasteiger partial charge in [-0.25, -0.2) is 0 Å². The zero-order chi connectivity index (χ0) is 14.1. The molecule has 2 amide bonds. The molecule has 7 nitrogen and oxygen atoms in total. The summed E-state index contributed by atoms with van der Waals surface area (Å²) < 4.78 is 4.76. The maximum Gasteiger partial charge on any atom is 0.239 e. The summed E-state index contributed by atoms with van der Waals surface area (Å²) in [5, 5.41) is 5.22. The lowest BCUT2D eigenvalue weighted by atomic mass is 10.3. The number of nitrogens with two attached hydrogens (primary N) is 1. The van der Waals surface area contributed by atoms with Gasteiger partial charge < -0.3 is 21.1 Å². The Labute approximate surface area is 135 Å². The van der Waals surface area contributed by atoms with E-state index in [0.29, 0.717) is 5.69 Å². The lowest BCUT2D eigenvalue weighted by molar-refractivity contribution is -0.123. The van der Waals surface area contributed by atoms with Crippen molar-refractivity contribution in [3.05, 3.63) is 24.5 Å². The molecule has 0 radical (unpaired) electrons. The van der Waals surface area contributed by atoms with Crippen LogP contribution in [0.4, 0.5) is 5.69 Å². The minimum Gasteiger partial charge on any atom is -0.383 e. The highest BCUT2D eigenvalue weighted by Crippen LogP contribution is 2.02. The predicted molar refractivity (Wildman–Crippen MR) is 84.8 cm³/mol. The third kappa shape index (κ3) is 9.19. The molecule has 0 bridgehead atoms. The van der Waals surface area contributed by atoms with Crippen molar-refractivity contribution in [3.8, 4) is 0 Å². The van der Waals surface area contributed by atoms with Crippen molar-refractivity contribution in [1.29, 1.82) is 0 Å². The van der Waals surface area contributed by atoms with Gasteiger partial charge >= 0.3 is 0 Å². The van der Waals surface area contributed by atoms with E-state index in [9.17, 15) is 9.59 Å². The van der Waals surface area contributed by atoms with E-state index in [1.807, 2.05) is 0 Å². The maximum absolute atomic E-state index is 11.5. The lowest BCUT2D eigenvalue weighted by Crippen LogP contribution is -2.44. The number of aromatic nitrogens is 1. The van der Waals surface area contributed by atoms with E-state index < -0.39 is 6.04 Å². The molecule has 1 aromatic heterocycles. The number of ether oxygens (including phenoxy) is 1. The zero-order valence-corrected chi connectivity index (χ0v) is 13.2. The van der Waals surface area contributed by atoms with Crippen molar-refractivity contribution in [3.63, 3.8) is 0 Å². The molecule has 0 aliphatic carbocycles. The second-order valence-electron chi connectivity index (χ2n) is 3.89. The fraction of sp³-hybridized carbons (Fsp3) is 0.417. The van der Waals surface area contributed by atoms with Crippen LogP contribution in [0.25, 0.3) is 0 Å². The molecule has 0 saturated carbocycles. The third-order valence-corrected chi connectivity index (χ3v) is 2.28. The zero-order valence-electron chi connectivity index (χ0n) is 11.6. The van der Waals surface area contributed by atoms with Crippen LogP contribution >= 0.6 is 24.8 Å². The maximum atomic E-state index is 11.5. The fourth-order valence-electron chi connectivity index (χ4n) is 1.35. The first-order valence-corrected chi connectivity index (χ1v) is 5.85. The highest BCUT2D eigenvalue weighted by molar-refractivity contribution is 5.91. The summed E-state index contributed by atoms with van der Waals surface area (Å²) in [7, 11) is 1.47. The summed E-state index contributed by atoms with van der Waals surface area (Å²) in [6, 6.07) is 2.74. The molecular weight excluding hydrogens is 319 g/mol. The number of nitrogens with one attached hydrogen (secondary N) is 2. The molecule has 21 heavy (non-hydrogen) atoms. The molecule has 0 fully saturated rings. The van der Waals surface area contributed by atoms with Gasteiger partial charge in [0.15, 0.2) is 0 Å². The SMILES string of the molecule is COCC(N)C(=O)NCCC(=O)Nc1cccnc1.Cl.Cl. The van der Waals surface area contributed by atoms with Gasteiger partial charge in [0.2, 0.25) is 11.8 Å². The molecule has 1 aromatic rings. The number of hydrogen-bond acceptors (Lipinski definition) is 5. The van der Waals surface area contributed by atoms with E-state index in [0.717, 1.165) is 0 Å². The van der Waals surface area contributed by atoms with Crippen LogP contribution in [0, 0.1) is 0 Å². The van der Waals surface area contributed by atoms with Crippen molar-refractivity contribution in [2.24, 2.45) is 5.73 Å². The van der Waals surface area contributed by atoms with Crippen LogP contribution in [0.3, 0.4) is 0 Å². The van der Waals surface area contributed by atoms with Crippen molar-refractivity contribution in [2.45, 2.75) is 12.5 Å². The molecule has 1 unspecified atom stereocenters. The second-order valence-corrected chi connectivity index (χ2v) is 3.89. The standard InChI is InChI=1S/C12H18N4O3.2ClH/c1-19-8-10(13)12(18)15-6-4-11(17)16-9-3-2-5-14-7-9;;/h2-3,5,7,10H,4,6,8,13H2,1H3,(H,15,18)(H,16,17);2*1H. The van der Waals surface area contributed by atoms with Crippen LogP contribution in [0.2, 0.25) is 0 Å². The van der Waals surface area contributed by atoms with E-state index in [2.05, 4.69) is 15.6 Å². The Morgan fingerprint density at radius 2 is 2.14 bits per heavy atom. The summed E-state index contributed by atoms with van der Waals surface area (Å²) in [5.41, 5.74) is 6.14. The Morgan fingerprint density at radius 3 is 2.71 bits per heavy atom. The Morgan fingerprint density at radius 1 is 1.43 bits per heavy atom. The number of hydrogen-bond donors (Lipinski definition) is 3. The highest BCUT2D eigenvalue weighted by atomic mass is 35.5. The topological polar surface area (TPSA) is 106 Å². The van der Waals surface area contributed by atoms with Gasteiger partial charge in [-0.15, -0.1) is 24.8 Å². The van der Waals surface area contributed by atoms with Crippen LogP contribution in [-0.4, -0.2) is 43.1 Å². The molecule has 0 aliphatic heterocycles. The van der Waals surface area contributed by atoms with Crippen molar-refractivity contribution < 1.29 is 14.3 Å². The van der Waals surface area contributed by atoms with Gasteiger partial charge in [0.05, 0.1) is 18.5 Å². The van der Waals surface area contributed by atoms with E-state index >= 15 is 0 Å². The fourth-order valence-corrected chi connectivity index (χ4v) is 1.35. The number of methoxy groups -OCH3 is 1. The van der Waals surface area contributed by atoms with Gasteiger partial charge in [-0.3, -0.25) is 14.6 Å². The minimum absolute atomic E-state index is 0. The normalized spacial score (nSPS) is 10.6. The van der Waals surface area contributed by atoms with Crippen molar-refractivity contribution in [1.82, 2.24) is 10.3 Å². The number of halogens is 2. The third-order valence-electron chi connectivity index (χ3n) is 2.28. The predicted octanol–water partition coefficient (Wildman–Crippen LogP) is 0.344. The van der Waals surface area contributed by atoms with Gasteiger partial charge in [-0.2, -0.15) is 0 Å². The molecule has 120 valence electrons. The van der Waals surface area contributed by atoms with E-state index in [4.69, 9.17) is 10.5 Å². The Balaban J connectivity index is 0. The number of anilines is 1. The second kappa shape index (κ2) is 12.3. The number of amides is 2. The summed E-state index contributed by atoms with van der Waals surface area (Å²) >= 11 is 0. The minimum atomic E-state index is -0.716. The van der Waals surface area contributed by atoms with Crippen LogP contribution in [0.15, 0.2) is 24.5 Å². The van der Waals surface area contributed by atoms with E-state index in [1.165, 1.54) is 7.11 Å². The first kappa shape index (κ1) is 21.9. The van der Waals surface area contributed by atoms with Gasteiger partial charge in [-0.05, 0) is 12.1 Å². The Bertz CT molecular complexity index is 420. The molecule has 0 aliphatic rings. The number of rotatable bonds is 7. The van der Waals surface area contributed by atoms with E-state index in [1.54, 1.807) is 24.5 Å². The Kier molecular flexibility index (Phi) is 12.9. The average molecular weight is 339 g/mol. The summed E-state index contributed by atoms with van der Waals surface area (Å²) in [6.45, 7) is 0.371. The van der Waals surface area contributed by atoms with Gasteiger partial charge in [0.1, 0.15) is 6.04 Å². The molecule has 1 rings (SSSR count). The van der Waals surface area contributed by atoms with Crippen molar-refractivity contribution >= 4 is 42.3 Å². The van der Waals surface area contributed by atoms with Crippen molar-refractivity contribution in [2.75, 3.05) is 25.6 Å². The molecule has 0 aromatic carbocycles. The van der Waals surface area contributed by atoms with Gasteiger partial charge in [-0.1, -0.05) is 0 Å². The van der Waals surface area contributed by atoms with E-state index in [-0.39, 0.29) is 56.2 Å². The summed E-state index contributed by atoms with van der Waals surface area (Å²) in [4.78, 5) is 26.8. The lowest BCUT2D eigenvalue weighted by Gasteiger charge is -2.11. The number of carbonyl (C=O) groups is 2. The highest BCUT2D eigenvalue weighted by Gasteiger charge is 2.12.